The molecule has 1 fully saturated rings. The summed E-state index contributed by atoms with van der Waals surface area (Å²) in [6.07, 6.45) is 1.16. The van der Waals surface area contributed by atoms with Gasteiger partial charge < -0.3 is 14.5 Å². The molecule has 0 aromatic heterocycles. The quantitative estimate of drug-likeness (QED) is 0.855. The second-order valence-corrected chi connectivity index (χ2v) is 6.88. The van der Waals surface area contributed by atoms with Gasteiger partial charge >= 0.3 is 0 Å². The van der Waals surface area contributed by atoms with Crippen molar-refractivity contribution in [3.63, 3.8) is 0 Å². The van der Waals surface area contributed by atoms with E-state index in [4.69, 9.17) is 4.74 Å². The molecule has 1 saturated heterocycles. The van der Waals surface area contributed by atoms with Crippen LogP contribution in [0, 0.1) is 5.92 Å². The third kappa shape index (κ3) is 3.05. The molecule has 2 aromatic carbocycles. The summed E-state index contributed by atoms with van der Waals surface area (Å²) in [5, 5.41) is 0. The number of fused-ring (bicyclic) bond motifs is 1. The second-order valence-electron chi connectivity index (χ2n) is 6.88. The summed E-state index contributed by atoms with van der Waals surface area (Å²) in [6, 6.07) is 15.6. The fourth-order valence-electron chi connectivity index (χ4n) is 3.83. The number of rotatable bonds is 3. The van der Waals surface area contributed by atoms with Gasteiger partial charge in [-0.15, -0.1) is 0 Å². The number of amides is 2. The molecule has 134 valence electrons. The Morgan fingerprint density at radius 2 is 1.81 bits per heavy atom. The maximum Gasteiger partial charge on any atom is 0.228 e. The predicted octanol–water partition coefficient (Wildman–Crippen LogP) is 2.63. The molecule has 26 heavy (non-hydrogen) atoms. The summed E-state index contributed by atoms with van der Waals surface area (Å²) in [5.74, 6) is 0.574. The first kappa shape index (κ1) is 16.6. The Bertz CT molecular complexity index is 831. The first-order chi connectivity index (χ1) is 12.7. The molecule has 4 rings (SSSR count). The van der Waals surface area contributed by atoms with Gasteiger partial charge in [0.05, 0.1) is 13.0 Å². The highest BCUT2D eigenvalue weighted by molar-refractivity contribution is 6.00. The Morgan fingerprint density at radius 3 is 2.54 bits per heavy atom. The summed E-state index contributed by atoms with van der Waals surface area (Å²) in [7, 11) is 1.61. The summed E-state index contributed by atoms with van der Waals surface area (Å²) in [6.45, 7) is 1.81. The van der Waals surface area contributed by atoms with E-state index in [-0.39, 0.29) is 24.2 Å². The van der Waals surface area contributed by atoms with E-state index in [1.165, 1.54) is 11.1 Å². The van der Waals surface area contributed by atoms with Gasteiger partial charge in [-0.25, -0.2) is 0 Å². The molecule has 0 spiro atoms. The van der Waals surface area contributed by atoms with Gasteiger partial charge in [0.2, 0.25) is 11.8 Å². The molecule has 0 radical (unpaired) electrons. The topological polar surface area (TPSA) is 49.9 Å². The minimum Gasteiger partial charge on any atom is -0.497 e. The van der Waals surface area contributed by atoms with Gasteiger partial charge in [-0.1, -0.05) is 24.3 Å². The van der Waals surface area contributed by atoms with Crippen molar-refractivity contribution in [3.8, 4) is 5.75 Å². The lowest BCUT2D eigenvalue weighted by atomic mass is 9.98. The van der Waals surface area contributed by atoms with Crippen LogP contribution in [0.3, 0.4) is 0 Å². The number of hydrogen-bond donors (Lipinski definition) is 0. The van der Waals surface area contributed by atoms with Crippen molar-refractivity contribution in [3.05, 3.63) is 59.7 Å². The van der Waals surface area contributed by atoms with Crippen LogP contribution in [-0.4, -0.2) is 36.9 Å². The molecule has 2 heterocycles. The van der Waals surface area contributed by atoms with Gasteiger partial charge in [0, 0.05) is 31.7 Å². The van der Waals surface area contributed by atoms with Gasteiger partial charge in [0.1, 0.15) is 5.75 Å². The van der Waals surface area contributed by atoms with Gasteiger partial charge in [-0.2, -0.15) is 0 Å². The molecule has 0 bridgehead atoms. The smallest absolute Gasteiger partial charge is 0.228 e. The van der Waals surface area contributed by atoms with Crippen molar-refractivity contribution in [1.82, 2.24) is 4.90 Å². The SMILES string of the molecule is COc1ccc(N2C[C@@H](C(=O)N3CCc4ccccc4C3)CC2=O)cc1. The first-order valence-electron chi connectivity index (χ1n) is 8.95. The maximum absolute atomic E-state index is 13.0. The summed E-state index contributed by atoms with van der Waals surface area (Å²) >= 11 is 0. The number of carbonyl (C=O) groups excluding carboxylic acids is 2. The Balaban J connectivity index is 1.45. The standard InChI is InChI=1S/C21H22N2O3/c1-26-19-8-6-18(7-9-19)23-14-17(12-20(23)24)21(25)22-11-10-15-4-2-3-5-16(15)13-22/h2-9,17H,10-14H2,1H3/t17-/m0/s1. The van der Waals surface area contributed by atoms with Crippen molar-refractivity contribution in [1.29, 1.82) is 0 Å². The van der Waals surface area contributed by atoms with E-state index in [0.29, 0.717) is 13.1 Å². The minimum absolute atomic E-state index is 0.00549. The van der Waals surface area contributed by atoms with E-state index in [1.807, 2.05) is 41.3 Å². The highest BCUT2D eigenvalue weighted by Crippen LogP contribution is 2.29. The zero-order chi connectivity index (χ0) is 18.1. The Morgan fingerprint density at radius 1 is 1.08 bits per heavy atom. The number of methoxy groups -OCH3 is 1. The van der Waals surface area contributed by atoms with Crippen LogP contribution in [0.15, 0.2) is 48.5 Å². The largest absolute Gasteiger partial charge is 0.497 e. The molecule has 0 N–H and O–H groups in total. The van der Waals surface area contributed by atoms with E-state index in [2.05, 4.69) is 12.1 Å². The summed E-state index contributed by atoms with van der Waals surface area (Å²) < 4.78 is 5.16. The lowest BCUT2D eigenvalue weighted by Crippen LogP contribution is -2.40. The van der Waals surface area contributed by atoms with E-state index in [9.17, 15) is 9.59 Å². The van der Waals surface area contributed by atoms with Crippen LogP contribution in [0.4, 0.5) is 5.69 Å². The fraction of sp³-hybridized carbons (Fsp3) is 0.333. The average Bonchev–Trinajstić information content (AvgIpc) is 3.08. The van der Waals surface area contributed by atoms with Crippen LogP contribution in [0.25, 0.3) is 0 Å². The highest BCUT2D eigenvalue weighted by Gasteiger charge is 2.37. The summed E-state index contributed by atoms with van der Waals surface area (Å²) in [4.78, 5) is 29.0. The molecule has 0 saturated carbocycles. The van der Waals surface area contributed by atoms with Crippen molar-refractivity contribution < 1.29 is 14.3 Å². The number of carbonyl (C=O) groups is 2. The molecule has 2 aliphatic rings. The van der Waals surface area contributed by atoms with Crippen LogP contribution >= 0.6 is 0 Å². The van der Waals surface area contributed by atoms with E-state index < -0.39 is 0 Å². The van der Waals surface area contributed by atoms with E-state index in [0.717, 1.165) is 24.4 Å². The van der Waals surface area contributed by atoms with Crippen molar-refractivity contribution in [2.75, 3.05) is 25.1 Å². The predicted molar refractivity (Wildman–Crippen MR) is 99.0 cm³/mol. The van der Waals surface area contributed by atoms with E-state index >= 15 is 0 Å². The molecular formula is C21H22N2O3. The molecule has 5 nitrogen and oxygen atoms in total. The number of nitrogens with zero attached hydrogens (tertiary/aromatic N) is 2. The first-order valence-corrected chi connectivity index (χ1v) is 8.95. The van der Waals surface area contributed by atoms with Gasteiger partial charge in [0.15, 0.2) is 0 Å². The van der Waals surface area contributed by atoms with Crippen molar-refractivity contribution >= 4 is 17.5 Å². The van der Waals surface area contributed by atoms with Crippen molar-refractivity contribution in [2.24, 2.45) is 5.92 Å². The lowest BCUT2D eigenvalue weighted by molar-refractivity contribution is -0.136. The van der Waals surface area contributed by atoms with Crippen LogP contribution in [0.1, 0.15) is 17.5 Å². The maximum atomic E-state index is 13.0. The van der Waals surface area contributed by atoms with Crippen molar-refractivity contribution in [2.45, 2.75) is 19.4 Å². The highest BCUT2D eigenvalue weighted by atomic mass is 16.5. The normalized spacial score (nSPS) is 19.4. The number of hydrogen-bond acceptors (Lipinski definition) is 3. The zero-order valence-corrected chi connectivity index (χ0v) is 14.9. The average molecular weight is 350 g/mol. The van der Waals surface area contributed by atoms with Crippen LogP contribution in [0.5, 0.6) is 5.75 Å². The van der Waals surface area contributed by atoms with Gasteiger partial charge in [-0.3, -0.25) is 9.59 Å². The van der Waals surface area contributed by atoms with Crippen LogP contribution in [0.2, 0.25) is 0 Å². The van der Waals surface area contributed by atoms with Gasteiger partial charge in [0.25, 0.3) is 0 Å². The molecular weight excluding hydrogens is 328 g/mol. The molecule has 5 heteroatoms. The number of anilines is 1. The van der Waals surface area contributed by atoms with Crippen LogP contribution in [-0.2, 0) is 22.6 Å². The van der Waals surface area contributed by atoms with E-state index in [1.54, 1.807) is 12.0 Å². The third-order valence-corrected chi connectivity index (χ3v) is 5.30. The zero-order valence-electron chi connectivity index (χ0n) is 14.9. The molecule has 2 aromatic rings. The Kier molecular flexibility index (Phi) is 4.37. The number of benzene rings is 2. The van der Waals surface area contributed by atoms with Gasteiger partial charge in [-0.05, 0) is 41.8 Å². The number of ether oxygens (including phenoxy) is 1. The monoisotopic (exact) mass is 350 g/mol. The third-order valence-electron chi connectivity index (χ3n) is 5.30. The second kappa shape index (κ2) is 6.83. The summed E-state index contributed by atoms with van der Waals surface area (Å²) in [5.41, 5.74) is 3.34. The fourth-order valence-corrected chi connectivity index (χ4v) is 3.83. The Labute approximate surface area is 153 Å². The van der Waals surface area contributed by atoms with Crippen LogP contribution < -0.4 is 9.64 Å². The Hall–Kier alpha value is -2.82. The molecule has 0 aliphatic carbocycles. The molecule has 2 amide bonds. The molecule has 0 unspecified atom stereocenters. The minimum atomic E-state index is -0.269. The molecule has 2 aliphatic heterocycles. The lowest BCUT2D eigenvalue weighted by Gasteiger charge is -2.30. The molecule has 1 atom stereocenters.